The molecule has 3 heteroatoms. The van der Waals surface area contributed by atoms with Crippen LogP contribution >= 0.6 is 0 Å². The summed E-state index contributed by atoms with van der Waals surface area (Å²) in [4.78, 5) is 12.1. The van der Waals surface area contributed by atoms with Gasteiger partial charge in [-0.05, 0) is 37.1 Å². The lowest BCUT2D eigenvalue weighted by atomic mass is 10.0. The van der Waals surface area contributed by atoms with Gasteiger partial charge >= 0.3 is 5.97 Å². The lowest BCUT2D eigenvalue weighted by Crippen LogP contribution is -2.08. The zero-order valence-electron chi connectivity index (χ0n) is 19.1. The highest BCUT2D eigenvalue weighted by Crippen LogP contribution is 2.35. The van der Waals surface area contributed by atoms with Crippen molar-refractivity contribution in [1.29, 1.82) is 0 Å². The van der Waals surface area contributed by atoms with E-state index in [4.69, 9.17) is 9.47 Å². The van der Waals surface area contributed by atoms with Gasteiger partial charge in [0.05, 0.1) is 0 Å². The molecule has 1 aliphatic heterocycles. The van der Waals surface area contributed by atoms with Gasteiger partial charge in [0.15, 0.2) is 0 Å². The molecule has 166 valence electrons. The van der Waals surface area contributed by atoms with Gasteiger partial charge in [0.1, 0.15) is 17.3 Å². The summed E-state index contributed by atoms with van der Waals surface area (Å²) in [5.74, 6) is 1.68. The standard InChI is InChI=1S/C27H40O3/c1-4-5-6-7-8-9-10-11-12-13-14-15-16-17-27(28)30-24-18-19-25-22(2)20-23(3)29-26(25)21-24/h18-21H,3-17H2,1-2H3. The van der Waals surface area contributed by atoms with Crippen molar-refractivity contribution in [3.05, 3.63) is 42.2 Å². The van der Waals surface area contributed by atoms with E-state index in [1.807, 2.05) is 25.1 Å². The number of hydrogen-bond acceptors (Lipinski definition) is 3. The zero-order valence-corrected chi connectivity index (χ0v) is 19.1. The minimum absolute atomic E-state index is 0.167. The molecule has 0 N–H and O–H groups in total. The van der Waals surface area contributed by atoms with Crippen LogP contribution < -0.4 is 9.47 Å². The minimum atomic E-state index is -0.167. The molecule has 0 unspecified atom stereocenters. The van der Waals surface area contributed by atoms with Gasteiger partial charge in [0, 0.05) is 18.1 Å². The molecule has 2 rings (SSSR count). The molecule has 0 aliphatic carbocycles. The predicted octanol–water partition coefficient (Wildman–Crippen LogP) is 8.38. The van der Waals surface area contributed by atoms with Crippen LogP contribution in [0.25, 0.3) is 5.57 Å². The van der Waals surface area contributed by atoms with Crippen molar-refractivity contribution in [2.45, 2.75) is 104 Å². The van der Waals surface area contributed by atoms with Crippen molar-refractivity contribution in [3.8, 4) is 11.5 Å². The van der Waals surface area contributed by atoms with Gasteiger partial charge in [0.25, 0.3) is 0 Å². The van der Waals surface area contributed by atoms with Crippen molar-refractivity contribution in [2.75, 3.05) is 0 Å². The van der Waals surface area contributed by atoms with Crippen LogP contribution in [0.4, 0.5) is 0 Å². The fourth-order valence-electron chi connectivity index (χ4n) is 3.94. The first-order valence-corrected chi connectivity index (χ1v) is 12.0. The first-order chi connectivity index (χ1) is 14.6. The number of carbonyl (C=O) groups is 1. The number of rotatable bonds is 15. The van der Waals surface area contributed by atoms with E-state index in [9.17, 15) is 4.79 Å². The number of allylic oxidation sites excluding steroid dienone is 2. The molecule has 0 saturated heterocycles. The molecule has 0 fully saturated rings. The summed E-state index contributed by atoms with van der Waals surface area (Å²) < 4.78 is 11.1. The molecule has 0 amide bonds. The van der Waals surface area contributed by atoms with Crippen molar-refractivity contribution >= 4 is 11.5 Å². The molecule has 0 aromatic heterocycles. The second-order valence-corrected chi connectivity index (χ2v) is 8.52. The van der Waals surface area contributed by atoms with Crippen LogP contribution in [0.5, 0.6) is 11.5 Å². The van der Waals surface area contributed by atoms with Gasteiger partial charge in [-0.1, -0.05) is 90.6 Å². The van der Waals surface area contributed by atoms with Gasteiger partial charge in [-0.3, -0.25) is 4.79 Å². The molecule has 1 aromatic carbocycles. The number of benzene rings is 1. The molecule has 0 radical (unpaired) electrons. The number of ether oxygens (including phenoxy) is 2. The molecule has 1 aliphatic rings. The monoisotopic (exact) mass is 412 g/mol. The number of hydrogen-bond donors (Lipinski definition) is 0. The lowest BCUT2D eigenvalue weighted by Gasteiger charge is -2.18. The van der Waals surface area contributed by atoms with Crippen molar-refractivity contribution in [3.63, 3.8) is 0 Å². The minimum Gasteiger partial charge on any atom is -0.457 e. The fraction of sp³-hybridized carbons (Fsp3) is 0.593. The van der Waals surface area contributed by atoms with E-state index in [1.54, 1.807) is 6.07 Å². The Morgan fingerprint density at radius 3 is 2.07 bits per heavy atom. The lowest BCUT2D eigenvalue weighted by molar-refractivity contribution is -0.134. The highest BCUT2D eigenvalue weighted by atomic mass is 16.5. The van der Waals surface area contributed by atoms with Gasteiger partial charge < -0.3 is 9.47 Å². The number of esters is 1. The maximum Gasteiger partial charge on any atom is 0.311 e. The van der Waals surface area contributed by atoms with Crippen molar-refractivity contribution < 1.29 is 14.3 Å². The van der Waals surface area contributed by atoms with Gasteiger partial charge in [-0.25, -0.2) is 0 Å². The van der Waals surface area contributed by atoms with Crippen LogP contribution in [0.1, 0.15) is 109 Å². The molecular formula is C27H40O3. The Hall–Kier alpha value is -2.03. The smallest absolute Gasteiger partial charge is 0.311 e. The quantitative estimate of drug-likeness (QED) is 0.165. The average Bonchev–Trinajstić information content (AvgIpc) is 2.71. The summed E-state index contributed by atoms with van der Waals surface area (Å²) in [6, 6.07) is 5.54. The topological polar surface area (TPSA) is 35.5 Å². The third-order valence-corrected chi connectivity index (χ3v) is 5.71. The summed E-state index contributed by atoms with van der Waals surface area (Å²) in [7, 11) is 0. The molecule has 3 nitrogen and oxygen atoms in total. The number of unbranched alkanes of at least 4 members (excludes halogenated alkanes) is 12. The Morgan fingerprint density at radius 2 is 1.47 bits per heavy atom. The Kier molecular flexibility index (Phi) is 11.4. The van der Waals surface area contributed by atoms with Gasteiger partial charge in [0.2, 0.25) is 0 Å². The summed E-state index contributed by atoms with van der Waals surface area (Å²) in [5.41, 5.74) is 2.12. The molecule has 0 bridgehead atoms. The molecule has 1 heterocycles. The fourth-order valence-corrected chi connectivity index (χ4v) is 3.94. The van der Waals surface area contributed by atoms with Crippen LogP contribution in [0.15, 0.2) is 36.6 Å². The van der Waals surface area contributed by atoms with E-state index in [0.29, 0.717) is 23.7 Å². The Bertz CT molecular complexity index is 702. The van der Waals surface area contributed by atoms with Gasteiger partial charge in [-0.2, -0.15) is 0 Å². The normalized spacial score (nSPS) is 12.9. The van der Waals surface area contributed by atoms with E-state index in [-0.39, 0.29) is 5.97 Å². The first-order valence-electron chi connectivity index (χ1n) is 12.0. The van der Waals surface area contributed by atoms with Crippen LogP contribution in [-0.2, 0) is 4.79 Å². The zero-order chi connectivity index (χ0) is 21.6. The summed E-state index contributed by atoms with van der Waals surface area (Å²) in [6.45, 7) is 8.14. The van der Waals surface area contributed by atoms with Gasteiger partial charge in [-0.15, -0.1) is 0 Å². The second kappa shape index (κ2) is 14.1. The van der Waals surface area contributed by atoms with E-state index >= 15 is 0 Å². The molecule has 30 heavy (non-hydrogen) atoms. The second-order valence-electron chi connectivity index (χ2n) is 8.52. The van der Waals surface area contributed by atoms with Crippen molar-refractivity contribution in [2.24, 2.45) is 0 Å². The highest BCUT2D eigenvalue weighted by molar-refractivity contribution is 5.76. The molecule has 0 saturated carbocycles. The van der Waals surface area contributed by atoms with E-state index in [1.165, 1.54) is 70.6 Å². The predicted molar refractivity (Wildman–Crippen MR) is 126 cm³/mol. The SMILES string of the molecule is C=C1C=C(C)c2ccc(OC(=O)CCCCCCCCCCCCCCC)cc2O1. The van der Waals surface area contributed by atoms with Crippen LogP contribution in [0.3, 0.4) is 0 Å². The third kappa shape index (κ3) is 9.19. The summed E-state index contributed by atoms with van der Waals surface area (Å²) in [6.07, 6.45) is 19.3. The summed E-state index contributed by atoms with van der Waals surface area (Å²) >= 11 is 0. The molecular weight excluding hydrogens is 372 g/mol. The first kappa shape index (κ1) is 24.2. The molecule has 0 atom stereocenters. The Morgan fingerprint density at radius 1 is 0.900 bits per heavy atom. The average molecular weight is 413 g/mol. The summed E-state index contributed by atoms with van der Waals surface area (Å²) in [5, 5.41) is 0. The molecule has 1 aromatic rings. The third-order valence-electron chi connectivity index (χ3n) is 5.71. The van der Waals surface area contributed by atoms with E-state index in [2.05, 4.69) is 13.5 Å². The largest absolute Gasteiger partial charge is 0.457 e. The van der Waals surface area contributed by atoms with Crippen LogP contribution in [0.2, 0.25) is 0 Å². The van der Waals surface area contributed by atoms with E-state index < -0.39 is 0 Å². The maximum absolute atomic E-state index is 12.1. The number of carbonyl (C=O) groups excluding carboxylic acids is 1. The molecule has 0 spiro atoms. The maximum atomic E-state index is 12.1. The Balaban J connectivity index is 1.50. The van der Waals surface area contributed by atoms with Crippen LogP contribution in [0, 0.1) is 0 Å². The van der Waals surface area contributed by atoms with Crippen molar-refractivity contribution in [1.82, 2.24) is 0 Å². The number of fused-ring (bicyclic) bond motifs is 1. The van der Waals surface area contributed by atoms with E-state index in [0.717, 1.165) is 24.0 Å². The highest BCUT2D eigenvalue weighted by Gasteiger charge is 2.15. The van der Waals surface area contributed by atoms with Crippen LogP contribution in [-0.4, -0.2) is 5.97 Å². The Labute approximate surface area is 183 Å².